The van der Waals surface area contributed by atoms with Crippen molar-refractivity contribution in [2.75, 3.05) is 41.8 Å². The summed E-state index contributed by atoms with van der Waals surface area (Å²) in [6.07, 6.45) is 3.52. The molecule has 2 aliphatic heterocycles. The van der Waals surface area contributed by atoms with Crippen molar-refractivity contribution in [1.29, 1.82) is 0 Å². The number of piperidine rings is 1. The second-order valence-corrected chi connectivity index (χ2v) is 6.98. The first kappa shape index (κ1) is 17.7. The van der Waals surface area contributed by atoms with E-state index >= 15 is 0 Å². The third-order valence-corrected chi connectivity index (χ3v) is 5.10. The number of carbonyl (C=O) groups excluding carboxylic acids is 1. The zero-order chi connectivity index (χ0) is 18.8. The number of amides is 1. The summed E-state index contributed by atoms with van der Waals surface area (Å²) in [6, 6.07) is 6.66. The Morgan fingerprint density at radius 1 is 1.19 bits per heavy atom. The van der Waals surface area contributed by atoms with E-state index in [1.807, 2.05) is 7.05 Å². The molecule has 4 rings (SSSR count). The molecule has 2 aliphatic rings. The molecule has 1 saturated heterocycles. The number of anilines is 3. The van der Waals surface area contributed by atoms with Gasteiger partial charge in [0, 0.05) is 13.1 Å². The summed E-state index contributed by atoms with van der Waals surface area (Å²) in [7, 11) is 1.82. The van der Waals surface area contributed by atoms with Crippen LogP contribution in [-0.2, 0) is 11.3 Å². The third kappa shape index (κ3) is 3.57. The van der Waals surface area contributed by atoms with Gasteiger partial charge in [0.05, 0.1) is 24.3 Å². The highest BCUT2D eigenvalue weighted by Gasteiger charge is 2.30. The topological polar surface area (TPSA) is 73.4 Å². The lowest BCUT2D eigenvalue weighted by Gasteiger charge is -2.26. The summed E-state index contributed by atoms with van der Waals surface area (Å²) >= 11 is 0. The highest BCUT2D eigenvalue weighted by Crippen LogP contribution is 2.31. The number of hydrogen-bond acceptors (Lipinski definition) is 6. The van der Waals surface area contributed by atoms with Crippen LogP contribution in [0.25, 0.3) is 0 Å². The molecule has 142 valence electrons. The van der Waals surface area contributed by atoms with Crippen molar-refractivity contribution in [2.45, 2.75) is 25.4 Å². The van der Waals surface area contributed by atoms with Crippen LogP contribution in [0.15, 0.2) is 30.6 Å². The normalized spacial score (nSPS) is 18.2. The van der Waals surface area contributed by atoms with Crippen molar-refractivity contribution >= 4 is 23.2 Å². The van der Waals surface area contributed by atoms with E-state index < -0.39 is 5.82 Å². The molecule has 0 atom stereocenters. The fourth-order valence-corrected chi connectivity index (χ4v) is 3.66. The predicted molar refractivity (Wildman–Crippen MR) is 102 cm³/mol. The van der Waals surface area contributed by atoms with E-state index in [-0.39, 0.29) is 24.7 Å². The molecule has 0 aliphatic carbocycles. The monoisotopic (exact) mass is 370 g/mol. The highest BCUT2D eigenvalue weighted by molar-refractivity contribution is 5.98. The Kier molecular flexibility index (Phi) is 4.89. The largest absolute Gasteiger partial charge is 0.367 e. The third-order valence-electron chi connectivity index (χ3n) is 5.10. The van der Waals surface area contributed by atoms with Gasteiger partial charge in [-0.1, -0.05) is 12.1 Å². The minimum atomic E-state index is -0.415. The maximum atomic E-state index is 14.4. The van der Waals surface area contributed by atoms with Crippen LogP contribution in [0.2, 0.25) is 0 Å². The molecule has 8 heteroatoms. The lowest BCUT2D eigenvalue weighted by Crippen LogP contribution is -2.36. The van der Waals surface area contributed by atoms with Crippen molar-refractivity contribution in [3.63, 3.8) is 0 Å². The molecule has 0 radical (unpaired) electrons. The number of likely N-dealkylation sites (N-methyl/N-ethyl adjacent to an activating group) is 1. The molecule has 1 amide bonds. The fraction of sp³-hybridized carbons (Fsp3) is 0.421. The van der Waals surface area contributed by atoms with Crippen molar-refractivity contribution in [3.8, 4) is 0 Å². The average Bonchev–Trinajstić information content (AvgIpc) is 2.80. The average molecular weight is 370 g/mol. The van der Waals surface area contributed by atoms with E-state index in [1.165, 1.54) is 17.3 Å². The van der Waals surface area contributed by atoms with Crippen LogP contribution in [0.5, 0.6) is 0 Å². The molecule has 2 N–H and O–H groups in total. The Bertz CT molecular complexity index is 839. The summed E-state index contributed by atoms with van der Waals surface area (Å²) in [6.45, 7) is 2.29. The molecule has 0 spiro atoms. The molecule has 2 aromatic rings. The van der Waals surface area contributed by atoms with Gasteiger partial charge in [0.2, 0.25) is 5.91 Å². The number of halogens is 1. The summed E-state index contributed by atoms with van der Waals surface area (Å²) in [5, 5.41) is 6.85. The highest BCUT2D eigenvalue weighted by atomic mass is 19.1. The van der Waals surface area contributed by atoms with E-state index in [1.54, 1.807) is 23.1 Å². The molecule has 27 heavy (non-hydrogen) atoms. The van der Waals surface area contributed by atoms with E-state index in [2.05, 4.69) is 20.6 Å². The van der Waals surface area contributed by atoms with Crippen molar-refractivity contribution in [2.24, 2.45) is 0 Å². The van der Waals surface area contributed by atoms with Crippen molar-refractivity contribution in [1.82, 2.24) is 15.3 Å². The first-order chi connectivity index (χ1) is 13.1. The van der Waals surface area contributed by atoms with Gasteiger partial charge in [-0.15, -0.1) is 0 Å². The zero-order valence-electron chi connectivity index (χ0n) is 15.3. The number of nitrogens with one attached hydrogen (secondary N) is 2. The summed E-state index contributed by atoms with van der Waals surface area (Å²) < 4.78 is 14.4. The minimum Gasteiger partial charge on any atom is -0.367 e. The number of hydrogen-bond donors (Lipinski definition) is 2. The molecule has 0 saturated carbocycles. The lowest BCUT2D eigenvalue weighted by molar-refractivity contribution is -0.117. The quantitative estimate of drug-likeness (QED) is 0.858. The Morgan fingerprint density at radius 2 is 1.96 bits per heavy atom. The van der Waals surface area contributed by atoms with E-state index in [9.17, 15) is 9.18 Å². The molecule has 1 fully saturated rings. The fourth-order valence-electron chi connectivity index (χ4n) is 3.66. The first-order valence-electron chi connectivity index (χ1n) is 9.20. The molecule has 7 nitrogen and oxygen atoms in total. The molecule has 3 heterocycles. The Balaban J connectivity index is 1.71. The second-order valence-electron chi connectivity index (χ2n) is 6.98. The Hall–Kier alpha value is -2.74. The number of rotatable bonds is 3. The van der Waals surface area contributed by atoms with Crippen LogP contribution < -0.4 is 20.4 Å². The molecule has 0 unspecified atom stereocenters. The summed E-state index contributed by atoms with van der Waals surface area (Å²) in [5.41, 5.74) is 1.09. The Morgan fingerprint density at radius 3 is 2.74 bits per heavy atom. The first-order valence-corrected chi connectivity index (χ1v) is 9.20. The standard InChI is InChI=1S/C19H23FN6O/c1-25-11-17(27)26(16-5-3-2-4-15(16)20)10-14-18(22-12-23-19(14)25)24-13-6-8-21-9-7-13/h2-5,12-13,21H,6-11H2,1H3,(H,22,23,24). The zero-order valence-corrected chi connectivity index (χ0v) is 15.3. The predicted octanol–water partition coefficient (Wildman–Crippen LogP) is 1.76. The molecule has 0 bridgehead atoms. The number of benzene rings is 1. The van der Waals surface area contributed by atoms with Gasteiger partial charge >= 0.3 is 0 Å². The van der Waals surface area contributed by atoms with Crippen LogP contribution in [0.3, 0.4) is 0 Å². The van der Waals surface area contributed by atoms with Crippen LogP contribution in [0, 0.1) is 5.82 Å². The van der Waals surface area contributed by atoms with Crippen molar-refractivity contribution < 1.29 is 9.18 Å². The molecule has 1 aromatic carbocycles. The van der Waals surface area contributed by atoms with Crippen LogP contribution in [0.1, 0.15) is 18.4 Å². The van der Waals surface area contributed by atoms with E-state index in [4.69, 9.17) is 0 Å². The number of carbonyl (C=O) groups is 1. The van der Waals surface area contributed by atoms with Gasteiger partial charge in [0.1, 0.15) is 23.8 Å². The molecular weight excluding hydrogens is 347 g/mol. The molecule has 1 aromatic heterocycles. The molecular formula is C19H23FN6O. The van der Waals surface area contributed by atoms with Gasteiger partial charge in [0.15, 0.2) is 0 Å². The van der Waals surface area contributed by atoms with Gasteiger partial charge in [-0.2, -0.15) is 0 Å². The number of aromatic nitrogens is 2. The Labute approximate surface area is 157 Å². The van der Waals surface area contributed by atoms with Crippen LogP contribution in [0.4, 0.5) is 21.7 Å². The van der Waals surface area contributed by atoms with Gasteiger partial charge in [-0.25, -0.2) is 14.4 Å². The van der Waals surface area contributed by atoms with Gasteiger partial charge in [0.25, 0.3) is 0 Å². The summed E-state index contributed by atoms with van der Waals surface area (Å²) in [4.78, 5) is 24.9. The maximum absolute atomic E-state index is 14.4. The smallest absolute Gasteiger partial charge is 0.246 e. The maximum Gasteiger partial charge on any atom is 0.246 e. The van der Waals surface area contributed by atoms with E-state index in [0.29, 0.717) is 11.9 Å². The second kappa shape index (κ2) is 7.48. The number of fused-ring (bicyclic) bond motifs is 1. The number of para-hydroxylation sites is 1. The minimum absolute atomic E-state index is 0.130. The van der Waals surface area contributed by atoms with Crippen LogP contribution in [-0.4, -0.2) is 48.6 Å². The summed E-state index contributed by atoms with van der Waals surface area (Å²) in [5.74, 6) is 0.832. The van der Waals surface area contributed by atoms with E-state index in [0.717, 1.165) is 37.3 Å². The van der Waals surface area contributed by atoms with Gasteiger partial charge in [-0.05, 0) is 38.1 Å². The van der Waals surface area contributed by atoms with Gasteiger partial charge in [-0.3, -0.25) is 4.79 Å². The SMILES string of the molecule is CN1CC(=O)N(c2ccccc2F)Cc2c(NC3CCNCC3)ncnc21. The van der Waals surface area contributed by atoms with Gasteiger partial charge < -0.3 is 20.4 Å². The number of nitrogens with zero attached hydrogens (tertiary/aromatic N) is 4. The van der Waals surface area contributed by atoms with Crippen LogP contribution >= 0.6 is 0 Å². The lowest BCUT2D eigenvalue weighted by atomic mass is 10.1. The van der Waals surface area contributed by atoms with Crippen molar-refractivity contribution in [3.05, 3.63) is 42.0 Å².